The molecule has 0 aromatic heterocycles. The number of nitrogens with one attached hydrogen (secondary N) is 2. The van der Waals surface area contributed by atoms with Gasteiger partial charge in [0.1, 0.15) is 18.6 Å². The first-order valence-corrected chi connectivity index (χ1v) is 7.48. The van der Waals surface area contributed by atoms with Gasteiger partial charge in [-0.05, 0) is 25.7 Å². The molecule has 0 radical (unpaired) electrons. The van der Waals surface area contributed by atoms with Crippen LogP contribution in [0.4, 0.5) is 4.79 Å². The van der Waals surface area contributed by atoms with Crippen LogP contribution in [0.15, 0.2) is 0 Å². The molecule has 1 atom stereocenters. The van der Waals surface area contributed by atoms with Crippen molar-refractivity contribution in [3.63, 3.8) is 0 Å². The van der Waals surface area contributed by atoms with Crippen LogP contribution in [0.5, 0.6) is 0 Å². The Bertz CT molecular complexity index is 380. The first kappa shape index (κ1) is 15.3. The van der Waals surface area contributed by atoms with E-state index in [1.165, 1.54) is 9.80 Å². The van der Waals surface area contributed by atoms with Crippen molar-refractivity contribution in [1.82, 2.24) is 10.2 Å². The Kier molecular flexibility index (Phi) is 4.65. The summed E-state index contributed by atoms with van der Waals surface area (Å²) in [4.78, 5) is 27.2. The minimum Gasteiger partial charge on any atom is -0.370 e. The van der Waals surface area contributed by atoms with Crippen molar-refractivity contribution in [3.8, 4) is 0 Å². The van der Waals surface area contributed by atoms with E-state index in [0.29, 0.717) is 32.2 Å². The molecular weight excluding hydrogens is 258 g/mol. The standard InChI is InChI=1S/C14H25N3O3/c1-11(2)4-5-14(3)12(18)17(13(19)15-14)10-16-6-8-20-9-7-16/h11H,4-10H2,1-3H3,(H,15,19)/p+1/t14-/m1/s1. The molecular formula is C14H26N3O3+. The molecule has 0 aromatic carbocycles. The predicted molar refractivity (Wildman–Crippen MR) is 74.2 cm³/mol. The van der Waals surface area contributed by atoms with Gasteiger partial charge in [0, 0.05) is 0 Å². The summed E-state index contributed by atoms with van der Waals surface area (Å²) in [6.45, 7) is 9.63. The third kappa shape index (κ3) is 3.30. The van der Waals surface area contributed by atoms with Crippen LogP contribution >= 0.6 is 0 Å². The molecule has 2 fully saturated rings. The molecule has 6 nitrogen and oxygen atoms in total. The summed E-state index contributed by atoms with van der Waals surface area (Å²) in [6, 6.07) is -0.250. The molecule has 2 aliphatic heterocycles. The number of carbonyl (C=O) groups is 2. The summed E-state index contributed by atoms with van der Waals surface area (Å²) in [7, 11) is 0. The number of rotatable bonds is 5. The Hall–Kier alpha value is -1.14. The van der Waals surface area contributed by atoms with E-state index in [4.69, 9.17) is 4.74 Å². The number of hydrogen-bond donors (Lipinski definition) is 2. The fraction of sp³-hybridized carbons (Fsp3) is 0.857. The second-order valence-electron chi connectivity index (χ2n) is 6.45. The summed E-state index contributed by atoms with van der Waals surface area (Å²) < 4.78 is 5.30. The van der Waals surface area contributed by atoms with Crippen LogP contribution in [0.1, 0.15) is 33.6 Å². The lowest BCUT2D eigenvalue weighted by atomic mass is 9.92. The van der Waals surface area contributed by atoms with Gasteiger partial charge in [-0.1, -0.05) is 13.8 Å². The van der Waals surface area contributed by atoms with Crippen LogP contribution in [-0.2, 0) is 9.53 Å². The molecule has 0 bridgehead atoms. The molecule has 0 saturated carbocycles. The van der Waals surface area contributed by atoms with Crippen molar-refractivity contribution in [1.29, 1.82) is 0 Å². The van der Waals surface area contributed by atoms with Crippen LogP contribution in [0, 0.1) is 5.92 Å². The van der Waals surface area contributed by atoms with Gasteiger partial charge in [0.15, 0.2) is 6.67 Å². The quantitative estimate of drug-likeness (QED) is 0.676. The second-order valence-corrected chi connectivity index (χ2v) is 6.45. The molecule has 2 heterocycles. The highest BCUT2D eigenvalue weighted by Gasteiger charge is 2.48. The summed E-state index contributed by atoms with van der Waals surface area (Å²) in [6.07, 6.45) is 1.63. The molecule has 20 heavy (non-hydrogen) atoms. The summed E-state index contributed by atoms with van der Waals surface area (Å²) in [5.41, 5.74) is -0.729. The van der Waals surface area contributed by atoms with Gasteiger partial charge in [-0.15, -0.1) is 0 Å². The number of imide groups is 1. The van der Waals surface area contributed by atoms with Crippen LogP contribution in [0.2, 0.25) is 0 Å². The number of nitrogens with zero attached hydrogens (tertiary/aromatic N) is 1. The van der Waals surface area contributed by atoms with Crippen molar-refractivity contribution in [3.05, 3.63) is 0 Å². The maximum absolute atomic E-state index is 12.5. The number of quaternary nitrogens is 1. The summed E-state index contributed by atoms with van der Waals surface area (Å²) in [5, 5.41) is 2.87. The third-order valence-corrected chi connectivity index (χ3v) is 4.15. The average molecular weight is 284 g/mol. The zero-order valence-corrected chi connectivity index (χ0v) is 12.7. The Balaban J connectivity index is 1.96. The minimum absolute atomic E-state index is 0.0814. The lowest BCUT2D eigenvalue weighted by Gasteiger charge is -2.27. The Morgan fingerprint density at radius 3 is 2.60 bits per heavy atom. The molecule has 0 aromatic rings. The van der Waals surface area contributed by atoms with Gasteiger partial charge >= 0.3 is 6.03 Å². The van der Waals surface area contributed by atoms with Gasteiger partial charge in [0.05, 0.1) is 13.2 Å². The fourth-order valence-corrected chi connectivity index (χ4v) is 2.68. The molecule has 6 heteroatoms. The molecule has 114 valence electrons. The molecule has 0 aliphatic carbocycles. The van der Waals surface area contributed by atoms with E-state index < -0.39 is 5.54 Å². The van der Waals surface area contributed by atoms with Crippen LogP contribution in [0.3, 0.4) is 0 Å². The lowest BCUT2D eigenvalue weighted by molar-refractivity contribution is -0.915. The fourth-order valence-electron chi connectivity index (χ4n) is 2.68. The van der Waals surface area contributed by atoms with E-state index in [2.05, 4.69) is 19.2 Å². The molecule has 2 aliphatic rings. The highest BCUT2D eigenvalue weighted by atomic mass is 16.5. The van der Waals surface area contributed by atoms with Gasteiger partial charge in [-0.2, -0.15) is 0 Å². The number of morpholine rings is 1. The minimum atomic E-state index is -0.729. The van der Waals surface area contributed by atoms with Crippen molar-refractivity contribution < 1.29 is 19.2 Å². The van der Waals surface area contributed by atoms with E-state index in [0.717, 1.165) is 19.5 Å². The SMILES string of the molecule is CC(C)CC[C@@]1(C)NC(=O)N(C[NH+]2CCOCC2)C1=O. The normalized spacial score (nSPS) is 28.3. The molecule has 0 spiro atoms. The van der Waals surface area contributed by atoms with Crippen LogP contribution in [-0.4, -0.2) is 55.3 Å². The number of ether oxygens (including phenoxy) is 1. The number of hydrogen-bond acceptors (Lipinski definition) is 3. The zero-order chi connectivity index (χ0) is 14.8. The van der Waals surface area contributed by atoms with E-state index in [1.807, 2.05) is 6.92 Å². The largest absolute Gasteiger partial charge is 0.370 e. The highest BCUT2D eigenvalue weighted by molar-refractivity contribution is 6.06. The molecule has 0 unspecified atom stereocenters. The van der Waals surface area contributed by atoms with Crippen molar-refractivity contribution in [2.45, 2.75) is 39.2 Å². The first-order valence-electron chi connectivity index (χ1n) is 7.48. The monoisotopic (exact) mass is 284 g/mol. The third-order valence-electron chi connectivity index (χ3n) is 4.15. The van der Waals surface area contributed by atoms with Gasteiger partial charge < -0.3 is 15.0 Å². The lowest BCUT2D eigenvalue weighted by Crippen LogP contribution is -3.15. The second kappa shape index (κ2) is 6.10. The van der Waals surface area contributed by atoms with Gasteiger partial charge in [0.25, 0.3) is 5.91 Å². The maximum Gasteiger partial charge on any atom is 0.329 e. The Labute approximate surface area is 120 Å². The van der Waals surface area contributed by atoms with Gasteiger partial charge in [-0.3, -0.25) is 4.79 Å². The molecule has 2 saturated heterocycles. The molecule has 2 rings (SSSR count). The van der Waals surface area contributed by atoms with Crippen LogP contribution in [0.25, 0.3) is 0 Å². The summed E-state index contributed by atoms with van der Waals surface area (Å²) >= 11 is 0. The van der Waals surface area contributed by atoms with Crippen molar-refractivity contribution in [2.24, 2.45) is 5.92 Å². The highest BCUT2D eigenvalue weighted by Crippen LogP contribution is 2.23. The Morgan fingerprint density at radius 1 is 1.35 bits per heavy atom. The first-order chi connectivity index (χ1) is 9.42. The smallest absolute Gasteiger partial charge is 0.329 e. The van der Waals surface area contributed by atoms with E-state index in [-0.39, 0.29) is 11.9 Å². The van der Waals surface area contributed by atoms with E-state index in [9.17, 15) is 9.59 Å². The molecule has 3 amide bonds. The molecule has 2 N–H and O–H groups in total. The van der Waals surface area contributed by atoms with Gasteiger partial charge in [0.2, 0.25) is 0 Å². The van der Waals surface area contributed by atoms with E-state index in [1.54, 1.807) is 0 Å². The average Bonchev–Trinajstić information content (AvgIpc) is 2.62. The number of carbonyl (C=O) groups excluding carboxylic acids is 2. The maximum atomic E-state index is 12.5. The topological polar surface area (TPSA) is 63.1 Å². The van der Waals surface area contributed by atoms with Crippen molar-refractivity contribution in [2.75, 3.05) is 33.0 Å². The summed E-state index contributed by atoms with van der Waals surface area (Å²) in [5.74, 6) is 0.442. The Morgan fingerprint density at radius 2 is 2.00 bits per heavy atom. The van der Waals surface area contributed by atoms with E-state index >= 15 is 0 Å². The van der Waals surface area contributed by atoms with Crippen molar-refractivity contribution >= 4 is 11.9 Å². The number of amides is 3. The number of urea groups is 1. The predicted octanol–water partition coefficient (Wildman–Crippen LogP) is -0.394. The van der Waals surface area contributed by atoms with Crippen LogP contribution < -0.4 is 10.2 Å². The van der Waals surface area contributed by atoms with Gasteiger partial charge in [-0.25, -0.2) is 9.69 Å². The zero-order valence-electron chi connectivity index (χ0n) is 12.7.